The lowest BCUT2D eigenvalue weighted by Crippen LogP contribution is -2.48. The molecule has 0 bridgehead atoms. The number of nitrogens with zero attached hydrogens (tertiary/aromatic N) is 3. The maximum absolute atomic E-state index is 12.8. The molecule has 1 aromatic heterocycles. The number of benzene rings is 1. The lowest BCUT2D eigenvalue weighted by molar-refractivity contribution is 0.0627. The van der Waals surface area contributed by atoms with E-state index in [0.29, 0.717) is 18.7 Å². The van der Waals surface area contributed by atoms with Gasteiger partial charge in [0.1, 0.15) is 5.76 Å². The van der Waals surface area contributed by atoms with Gasteiger partial charge in [-0.05, 0) is 32.0 Å². The molecule has 0 N–H and O–H groups in total. The van der Waals surface area contributed by atoms with Gasteiger partial charge in [-0.1, -0.05) is 16.8 Å². The number of hydrogen-bond acceptors (Lipinski definition) is 6. The van der Waals surface area contributed by atoms with Gasteiger partial charge in [-0.3, -0.25) is 9.69 Å². The summed E-state index contributed by atoms with van der Waals surface area (Å²) in [5, 5.41) is 4.10. The van der Waals surface area contributed by atoms with E-state index < -0.39 is 9.84 Å². The third-order valence-electron chi connectivity index (χ3n) is 4.80. The van der Waals surface area contributed by atoms with Crippen molar-refractivity contribution in [3.63, 3.8) is 0 Å². The van der Waals surface area contributed by atoms with Crippen LogP contribution in [0.15, 0.2) is 27.6 Å². The highest BCUT2D eigenvalue weighted by Crippen LogP contribution is 2.24. The summed E-state index contributed by atoms with van der Waals surface area (Å²) in [7, 11) is -3.49. The van der Waals surface area contributed by atoms with E-state index in [1.54, 1.807) is 11.0 Å². The number of aryl methyl sites for hydroxylation is 2. The maximum Gasteiger partial charge on any atom is 0.253 e. The molecule has 0 radical (unpaired) electrons. The van der Waals surface area contributed by atoms with Crippen molar-refractivity contribution in [3.05, 3.63) is 45.8 Å². The van der Waals surface area contributed by atoms with Gasteiger partial charge in [-0.15, -0.1) is 0 Å². The fraction of sp³-hybridized carbons (Fsp3) is 0.444. The first-order valence-electron chi connectivity index (χ1n) is 8.60. The number of rotatable bonds is 4. The molecule has 1 aliphatic rings. The van der Waals surface area contributed by atoms with Crippen LogP contribution in [0.3, 0.4) is 0 Å². The highest BCUT2D eigenvalue weighted by Gasteiger charge is 2.25. The first-order chi connectivity index (χ1) is 12.7. The minimum atomic E-state index is -3.49. The third-order valence-corrected chi connectivity index (χ3v) is 6.38. The monoisotopic (exact) mass is 411 g/mol. The van der Waals surface area contributed by atoms with Crippen molar-refractivity contribution < 1.29 is 17.7 Å². The van der Waals surface area contributed by atoms with Gasteiger partial charge in [-0.25, -0.2) is 8.42 Å². The normalized spacial score (nSPS) is 15.9. The van der Waals surface area contributed by atoms with Gasteiger partial charge in [0, 0.05) is 50.1 Å². The summed E-state index contributed by atoms with van der Waals surface area (Å²) >= 11 is 5.96. The Hall–Kier alpha value is -1.90. The second-order valence-electron chi connectivity index (χ2n) is 6.79. The van der Waals surface area contributed by atoms with E-state index in [2.05, 4.69) is 10.1 Å². The van der Waals surface area contributed by atoms with Gasteiger partial charge in [0.2, 0.25) is 0 Å². The lowest BCUT2D eigenvalue weighted by Gasteiger charge is -2.34. The van der Waals surface area contributed by atoms with E-state index in [9.17, 15) is 13.2 Å². The Morgan fingerprint density at radius 3 is 2.44 bits per heavy atom. The molecule has 1 aromatic carbocycles. The van der Waals surface area contributed by atoms with Crippen molar-refractivity contribution in [1.29, 1.82) is 0 Å². The lowest BCUT2D eigenvalue weighted by atomic mass is 10.1. The van der Waals surface area contributed by atoms with E-state index in [1.165, 1.54) is 12.1 Å². The summed E-state index contributed by atoms with van der Waals surface area (Å²) in [6.07, 6.45) is 1.08. The van der Waals surface area contributed by atoms with Gasteiger partial charge >= 0.3 is 0 Å². The van der Waals surface area contributed by atoms with Crippen LogP contribution in [0.4, 0.5) is 0 Å². The molecule has 3 rings (SSSR count). The molecule has 0 atom stereocenters. The summed E-state index contributed by atoms with van der Waals surface area (Å²) in [6, 6.07) is 4.38. The van der Waals surface area contributed by atoms with Crippen LogP contribution in [-0.4, -0.2) is 61.7 Å². The molecule has 0 unspecified atom stereocenters. The second kappa shape index (κ2) is 7.61. The molecule has 1 amide bonds. The molecule has 2 aromatic rings. The molecule has 0 saturated carbocycles. The van der Waals surface area contributed by atoms with Gasteiger partial charge in [0.15, 0.2) is 9.84 Å². The SMILES string of the molecule is Cc1noc(C)c1CN1CCN(C(=O)c2ccc(Cl)c(S(C)(=O)=O)c2)CC1. The number of piperazine rings is 1. The Bertz CT molecular complexity index is 943. The molecule has 1 aliphatic heterocycles. The molecule has 1 saturated heterocycles. The third kappa shape index (κ3) is 4.34. The van der Waals surface area contributed by atoms with E-state index >= 15 is 0 Å². The predicted octanol–water partition coefficient (Wildman–Crippen LogP) is 2.31. The topological polar surface area (TPSA) is 83.7 Å². The largest absolute Gasteiger partial charge is 0.361 e. The number of amides is 1. The number of halogens is 1. The standard InChI is InChI=1S/C18H22ClN3O4S/c1-12-15(13(2)26-20-12)11-21-6-8-22(9-7-21)18(23)14-4-5-16(19)17(10-14)27(3,24)25/h4-5,10H,6-9,11H2,1-3H3. The van der Waals surface area contributed by atoms with Crippen LogP contribution in [0, 0.1) is 13.8 Å². The Labute approximate surface area is 163 Å². The zero-order valence-corrected chi connectivity index (χ0v) is 17.1. The molecule has 9 heteroatoms. The van der Waals surface area contributed by atoms with Crippen LogP contribution in [0.25, 0.3) is 0 Å². The highest BCUT2D eigenvalue weighted by atomic mass is 35.5. The van der Waals surface area contributed by atoms with Crippen LogP contribution in [0.1, 0.15) is 27.4 Å². The van der Waals surface area contributed by atoms with Gasteiger partial charge in [0.25, 0.3) is 5.91 Å². The van der Waals surface area contributed by atoms with Crippen LogP contribution in [0.2, 0.25) is 5.02 Å². The van der Waals surface area contributed by atoms with Gasteiger partial charge < -0.3 is 9.42 Å². The molecule has 27 heavy (non-hydrogen) atoms. The zero-order valence-electron chi connectivity index (χ0n) is 15.5. The average Bonchev–Trinajstić information content (AvgIpc) is 2.93. The first-order valence-corrected chi connectivity index (χ1v) is 10.9. The Morgan fingerprint density at radius 2 is 1.89 bits per heavy atom. The molecule has 0 spiro atoms. The van der Waals surface area contributed by atoms with Crippen molar-refractivity contribution in [2.75, 3.05) is 32.4 Å². The van der Waals surface area contributed by atoms with Crippen molar-refractivity contribution in [3.8, 4) is 0 Å². The van der Waals surface area contributed by atoms with E-state index in [1.807, 2.05) is 13.8 Å². The second-order valence-corrected chi connectivity index (χ2v) is 9.18. The van der Waals surface area contributed by atoms with Gasteiger partial charge in [-0.2, -0.15) is 0 Å². The Balaban J connectivity index is 1.67. The molecule has 2 heterocycles. The highest BCUT2D eigenvalue weighted by molar-refractivity contribution is 7.90. The number of sulfone groups is 1. The number of carbonyl (C=O) groups excluding carboxylic acids is 1. The summed E-state index contributed by atoms with van der Waals surface area (Å²) in [6.45, 7) is 7.14. The molecular weight excluding hydrogens is 390 g/mol. The molecule has 7 nitrogen and oxygen atoms in total. The van der Waals surface area contributed by atoms with E-state index in [0.717, 1.165) is 42.9 Å². The first kappa shape index (κ1) is 19.9. The predicted molar refractivity (Wildman–Crippen MR) is 102 cm³/mol. The van der Waals surface area contributed by atoms with Crippen LogP contribution < -0.4 is 0 Å². The van der Waals surface area contributed by atoms with Crippen LogP contribution in [0.5, 0.6) is 0 Å². The quantitative estimate of drug-likeness (QED) is 0.767. The van der Waals surface area contributed by atoms with Crippen LogP contribution in [-0.2, 0) is 16.4 Å². The van der Waals surface area contributed by atoms with Gasteiger partial charge in [0.05, 0.1) is 15.6 Å². The van der Waals surface area contributed by atoms with Crippen molar-refractivity contribution >= 4 is 27.3 Å². The molecule has 146 valence electrons. The number of carbonyl (C=O) groups is 1. The minimum Gasteiger partial charge on any atom is -0.361 e. The van der Waals surface area contributed by atoms with Crippen molar-refractivity contribution in [1.82, 2.24) is 15.0 Å². The molecule has 0 aliphatic carbocycles. The maximum atomic E-state index is 12.8. The number of aromatic nitrogens is 1. The van der Waals surface area contributed by atoms with E-state index in [-0.39, 0.29) is 15.8 Å². The fourth-order valence-corrected chi connectivity index (χ4v) is 4.46. The van der Waals surface area contributed by atoms with Crippen molar-refractivity contribution in [2.24, 2.45) is 0 Å². The van der Waals surface area contributed by atoms with Crippen LogP contribution >= 0.6 is 11.6 Å². The summed E-state index contributed by atoms with van der Waals surface area (Å²) in [5.41, 5.74) is 2.31. The number of hydrogen-bond donors (Lipinski definition) is 0. The van der Waals surface area contributed by atoms with E-state index in [4.69, 9.17) is 16.1 Å². The molecule has 1 fully saturated rings. The Morgan fingerprint density at radius 1 is 1.22 bits per heavy atom. The average molecular weight is 412 g/mol. The summed E-state index contributed by atoms with van der Waals surface area (Å²) in [4.78, 5) is 16.7. The zero-order chi connectivity index (χ0) is 19.8. The van der Waals surface area contributed by atoms with Crippen molar-refractivity contribution in [2.45, 2.75) is 25.3 Å². The smallest absolute Gasteiger partial charge is 0.253 e. The fourth-order valence-electron chi connectivity index (χ4n) is 3.16. The molecular formula is C18H22ClN3O4S. The minimum absolute atomic E-state index is 0.0212. The summed E-state index contributed by atoms with van der Waals surface area (Å²) < 4.78 is 28.9. The Kier molecular flexibility index (Phi) is 5.60. The summed E-state index contributed by atoms with van der Waals surface area (Å²) in [5.74, 6) is 0.633.